The average Bonchev–Trinajstić information content (AvgIpc) is 3.34. The highest BCUT2D eigenvalue weighted by Crippen LogP contribution is 2.41. The van der Waals surface area contributed by atoms with Crippen molar-refractivity contribution in [2.45, 2.75) is 39.0 Å². The van der Waals surface area contributed by atoms with Gasteiger partial charge in [-0.2, -0.15) is 0 Å². The summed E-state index contributed by atoms with van der Waals surface area (Å²) in [5, 5.41) is 0.585. The number of fused-ring (bicyclic) bond motifs is 1. The molecular weight excluding hydrogens is 491 g/mol. The van der Waals surface area contributed by atoms with E-state index in [0.717, 1.165) is 25.7 Å². The Bertz CT molecular complexity index is 1220. The fourth-order valence-corrected chi connectivity index (χ4v) is 5.74. The minimum Gasteiger partial charge on any atom is -0.426 e. The maximum Gasteiger partial charge on any atom is 0.316 e. The number of anilines is 2. The molecule has 2 aromatic carbocycles. The second kappa shape index (κ2) is 9.28. The van der Waals surface area contributed by atoms with Crippen LogP contribution < -0.4 is 14.5 Å². The number of ether oxygens (including phenoxy) is 1. The molecule has 0 N–H and O–H groups in total. The molecule has 2 aliphatic heterocycles. The number of hydrogen-bond donors (Lipinski definition) is 0. The molecule has 5 rings (SSSR count). The van der Waals surface area contributed by atoms with Crippen molar-refractivity contribution < 1.29 is 23.9 Å². The SMILES string of the molecule is Cc1cc(OC(=O)[C@@H]2CC(=O)N(c3cccc(Cl)c3Cl)C2)ccc1N1C(=O)[C@H]2CCCC[C@H]2C1=O. The number of nitrogens with zero attached hydrogens (tertiary/aromatic N) is 2. The monoisotopic (exact) mass is 514 g/mol. The standard InChI is InChI=1S/C26H24Cl2N2O5/c1-14-11-16(9-10-20(14)30-24(32)17-5-2-3-6-18(17)25(30)33)35-26(34)15-12-22(31)29(13-15)21-8-4-7-19(27)23(21)28/h4,7-11,15,17-18H,2-3,5-6,12-13H2,1H3/t15-,17-,18+/m1/s1. The number of carbonyl (C=O) groups is 4. The number of esters is 1. The van der Waals surface area contributed by atoms with Gasteiger partial charge < -0.3 is 9.64 Å². The summed E-state index contributed by atoms with van der Waals surface area (Å²) < 4.78 is 5.57. The Morgan fingerprint density at radius 2 is 1.66 bits per heavy atom. The molecule has 3 aliphatic rings. The lowest BCUT2D eigenvalue weighted by molar-refractivity contribution is -0.139. The molecule has 3 amide bonds. The van der Waals surface area contributed by atoms with Gasteiger partial charge in [0, 0.05) is 13.0 Å². The first-order valence-corrected chi connectivity index (χ1v) is 12.5. The zero-order valence-electron chi connectivity index (χ0n) is 19.1. The van der Waals surface area contributed by atoms with Crippen molar-refractivity contribution in [3.8, 4) is 5.75 Å². The molecule has 0 bridgehead atoms. The van der Waals surface area contributed by atoms with Crippen LogP contribution in [0.15, 0.2) is 36.4 Å². The van der Waals surface area contributed by atoms with Gasteiger partial charge in [-0.3, -0.25) is 19.2 Å². The maximum absolute atomic E-state index is 12.9. The zero-order chi connectivity index (χ0) is 24.9. The first kappa shape index (κ1) is 23.8. The van der Waals surface area contributed by atoms with Crippen molar-refractivity contribution in [2.24, 2.45) is 17.8 Å². The highest BCUT2D eigenvalue weighted by Gasteiger charge is 2.49. The minimum absolute atomic E-state index is 0.00169. The smallest absolute Gasteiger partial charge is 0.316 e. The summed E-state index contributed by atoms with van der Waals surface area (Å²) in [6.45, 7) is 1.91. The zero-order valence-corrected chi connectivity index (χ0v) is 20.6. The maximum atomic E-state index is 12.9. The van der Waals surface area contributed by atoms with E-state index < -0.39 is 11.9 Å². The largest absolute Gasteiger partial charge is 0.426 e. The van der Waals surface area contributed by atoms with E-state index in [1.807, 2.05) is 0 Å². The van der Waals surface area contributed by atoms with Gasteiger partial charge in [0.1, 0.15) is 5.75 Å². The molecule has 2 saturated heterocycles. The molecule has 0 aromatic heterocycles. The van der Waals surface area contributed by atoms with E-state index in [9.17, 15) is 19.2 Å². The normalized spacial score (nSPS) is 24.2. The lowest BCUT2D eigenvalue weighted by atomic mass is 9.81. The van der Waals surface area contributed by atoms with Gasteiger partial charge in [-0.25, -0.2) is 4.90 Å². The number of amides is 3. The molecule has 1 saturated carbocycles. The molecule has 1 aliphatic carbocycles. The number of aryl methyl sites for hydroxylation is 1. The quantitative estimate of drug-likeness (QED) is 0.327. The third-order valence-corrected chi connectivity index (χ3v) is 7.96. The van der Waals surface area contributed by atoms with Crippen LogP contribution in [0.4, 0.5) is 11.4 Å². The number of rotatable bonds is 4. The van der Waals surface area contributed by atoms with E-state index in [4.69, 9.17) is 27.9 Å². The first-order chi connectivity index (χ1) is 16.8. The molecule has 0 radical (unpaired) electrons. The van der Waals surface area contributed by atoms with Crippen LogP contribution in [0.25, 0.3) is 0 Å². The van der Waals surface area contributed by atoms with Crippen LogP contribution in [-0.2, 0) is 19.2 Å². The van der Waals surface area contributed by atoms with Crippen molar-refractivity contribution in [1.29, 1.82) is 0 Å². The van der Waals surface area contributed by atoms with Crippen LogP contribution in [0.2, 0.25) is 10.0 Å². The predicted octanol–water partition coefficient (Wildman–Crippen LogP) is 4.94. The second-order valence-electron chi connectivity index (χ2n) is 9.36. The molecular formula is C26H24Cl2N2O5. The molecule has 9 heteroatoms. The molecule has 2 heterocycles. The molecule has 35 heavy (non-hydrogen) atoms. The van der Waals surface area contributed by atoms with Crippen molar-refractivity contribution in [2.75, 3.05) is 16.3 Å². The average molecular weight is 515 g/mol. The number of carbonyl (C=O) groups excluding carboxylic acids is 4. The Kier molecular flexibility index (Phi) is 6.32. The number of imide groups is 1. The van der Waals surface area contributed by atoms with Gasteiger partial charge in [-0.15, -0.1) is 0 Å². The van der Waals surface area contributed by atoms with Gasteiger partial charge in [-0.05, 0) is 55.7 Å². The van der Waals surface area contributed by atoms with Crippen molar-refractivity contribution in [3.05, 3.63) is 52.0 Å². The van der Waals surface area contributed by atoms with E-state index in [0.29, 0.717) is 27.7 Å². The topological polar surface area (TPSA) is 84.0 Å². The Morgan fingerprint density at radius 1 is 0.971 bits per heavy atom. The summed E-state index contributed by atoms with van der Waals surface area (Å²) in [7, 11) is 0. The van der Waals surface area contributed by atoms with Crippen LogP contribution in [0.3, 0.4) is 0 Å². The van der Waals surface area contributed by atoms with Gasteiger partial charge in [0.25, 0.3) is 0 Å². The molecule has 182 valence electrons. The van der Waals surface area contributed by atoms with Crippen molar-refractivity contribution in [1.82, 2.24) is 0 Å². The van der Waals surface area contributed by atoms with Crippen molar-refractivity contribution >= 4 is 58.3 Å². The van der Waals surface area contributed by atoms with Gasteiger partial charge in [-0.1, -0.05) is 42.1 Å². The van der Waals surface area contributed by atoms with Gasteiger partial charge in [0.05, 0.1) is 39.2 Å². The molecule has 0 spiro atoms. The minimum atomic E-state index is -0.664. The summed E-state index contributed by atoms with van der Waals surface area (Å²) >= 11 is 12.3. The highest BCUT2D eigenvalue weighted by atomic mass is 35.5. The van der Waals surface area contributed by atoms with E-state index >= 15 is 0 Å². The lowest BCUT2D eigenvalue weighted by Crippen LogP contribution is -2.31. The molecule has 7 nitrogen and oxygen atoms in total. The van der Waals surface area contributed by atoms with Gasteiger partial charge in [0.15, 0.2) is 0 Å². The van der Waals surface area contributed by atoms with E-state index in [2.05, 4.69) is 0 Å². The van der Waals surface area contributed by atoms with Crippen molar-refractivity contribution in [3.63, 3.8) is 0 Å². The predicted molar refractivity (Wildman–Crippen MR) is 132 cm³/mol. The lowest BCUT2D eigenvalue weighted by Gasteiger charge is -2.19. The third-order valence-electron chi connectivity index (χ3n) is 7.15. The molecule has 2 aromatic rings. The Balaban J connectivity index is 1.29. The molecule has 0 unspecified atom stereocenters. The summed E-state index contributed by atoms with van der Waals surface area (Å²) in [5.74, 6) is -1.90. The van der Waals surface area contributed by atoms with Crippen LogP contribution in [0.5, 0.6) is 5.75 Å². The van der Waals surface area contributed by atoms with Crippen LogP contribution in [0, 0.1) is 24.7 Å². The van der Waals surface area contributed by atoms with E-state index in [1.54, 1.807) is 43.3 Å². The fourth-order valence-electron chi connectivity index (χ4n) is 5.34. The van der Waals surface area contributed by atoms with Crippen LogP contribution in [-0.4, -0.2) is 30.2 Å². The molecule has 3 atom stereocenters. The van der Waals surface area contributed by atoms with Crippen LogP contribution >= 0.6 is 23.2 Å². The number of benzene rings is 2. The molecule has 3 fully saturated rings. The van der Waals surface area contributed by atoms with Gasteiger partial charge in [0.2, 0.25) is 17.7 Å². The van der Waals surface area contributed by atoms with E-state index in [1.165, 1.54) is 9.80 Å². The summed E-state index contributed by atoms with van der Waals surface area (Å²) in [6.07, 6.45) is 3.42. The second-order valence-corrected chi connectivity index (χ2v) is 10.1. The Hall–Kier alpha value is -2.90. The fraction of sp³-hybridized carbons (Fsp3) is 0.385. The first-order valence-electron chi connectivity index (χ1n) is 11.7. The van der Waals surface area contributed by atoms with Crippen LogP contribution in [0.1, 0.15) is 37.7 Å². The highest BCUT2D eigenvalue weighted by molar-refractivity contribution is 6.44. The summed E-state index contributed by atoms with van der Waals surface area (Å²) in [6, 6.07) is 9.85. The number of halogens is 2. The van der Waals surface area contributed by atoms with E-state index in [-0.39, 0.29) is 47.5 Å². The third kappa shape index (κ3) is 4.21. The number of hydrogen-bond acceptors (Lipinski definition) is 5. The Morgan fingerprint density at radius 3 is 2.31 bits per heavy atom. The summed E-state index contributed by atoms with van der Waals surface area (Å²) in [4.78, 5) is 54.0. The summed E-state index contributed by atoms with van der Waals surface area (Å²) in [5.41, 5.74) is 1.64. The Labute approximate surface area is 212 Å². The van der Waals surface area contributed by atoms with Gasteiger partial charge >= 0.3 is 5.97 Å².